The molecular weight excluding hydrogens is 262 g/mol. The summed E-state index contributed by atoms with van der Waals surface area (Å²) < 4.78 is 4.12. The number of aryl methyl sites for hydroxylation is 1. The standard InChI is InChI=1S/C16H12N5/c1-11-5-4-6-12(9-11)13-10-17-16(18-13)21-19-14-7-2-3-8-15(14)20(19)21/h2-10H,1H3/q-1. The summed E-state index contributed by atoms with van der Waals surface area (Å²) in [5, 5.41) is 0. The minimum absolute atomic E-state index is 0.711. The maximum Gasteiger partial charge on any atom is 0.0972 e. The van der Waals surface area contributed by atoms with Gasteiger partial charge in [0.2, 0.25) is 0 Å². The molecule has 3 heterocycles. The molecular formula is C16H12N5-. The first-order chi connectivity index (χ1) is 10.3. The van der Waals surface area contributed by atoms with Gasteiger partial charge in [-0.05, 0) is 30.8 Å². The van der Waals surface area contributed by atoms with Crippen LogP contribution in [-0.4, -0.2) is 19.0 Å². The smallest absolute Gasteiger partial charge is 0.0972 e. The van der Waals surface area contributed by atoms with Crippen LogP contribution < -0.4 is 4.98 Å². The fourth-order valence-electron chi connectivity index (χ4n) is 2.79. The predicted octanol–water partition coefficient (Wildman–Crippen LogP) is 2.75. The Balaban J connectivity index is 1.60. The maximum absolute atomic E-state index is 4.64. The van der Waals surface area contributed by atoms with Crippen molar-refractivity contribution in [2.24, 2.45) is 0 Å². The summed E-state index contributed by atoms with van der Waals surface area (Å²) in [6.07, 6.45) is 1.83. The van der Waals surface area contributed by atoms with Crippen LogP contribution in [0.1, 0.15) is 5.56 Å². The Morgan fingerprint density at radius 3 is 2.43 bits per heavy atom. The van der Waals surface area contributed by atoms with E-state index in [0.717, 1.165) is 11.3 Å². The molecule has 0 saturated heterocycles. The highest BCUT2D eigenvalue weighted by atomic mass is 15.9. The van der Waals surface area contributed by atoms with E-state index >= 15 is 0 Å². The lowest BCUT2D eigenvalue weighted by Gasteiger charge is -2.01. The SMILES string of the molecule is Cc1cccc(-c2c[n-]c(-n3n4c5ccccc5n34)n2)c1. The lowest BCUT2D eigenvalue weighted by Crippen LogP contribution is -1.89. The molecule has 5 heteroatoms. The van der Waals surface area contributed by atoms with Crippen molar-refractivity contribution in [3.05, 3.63) is 60.3 Å². The van der Waals surface area contributed by atoms with Crippen LogP contribution in [0.15, 0.2) is 54.7 Å². The number of rotatable bonds is 2. The molecule has 5 aromatic rings. The van der Waals surface area contributed by atoms with Crippen molar-refractivity contribution in [3.63, 3.8) is 0 Å². The molecule has 0 unspecified atom stereocenters. The van der Waals surface area contributed by atoms with Gasteiger partial charge in [-0.2, -0.15) is 0 Å². The van der Waals surface area contributed by atoms with Gasteiger partial charge >= 0.3 is 0 Å². The molecule has 0 amide bonds. The molecule has 0 spiro atoms. The molecule has 5 rings (SSSR count). The number of fused-ring (bicyclic) bond motifs is 4. The van der Waals surface area contributed by atoms with Crippen molar-refractivity contribution in [3.8, 4) is 17.2 Å². The van der Waals surface area contributed by atoms with E-state index in [0.29, 0.717) is 5.95 Å². The zero-order chi connectivity index (χ0) is 14.0. The van der Waals surface area contributed by atoms with E-state index in [-0.39, 0.29) is 0 Å². The summed E-state index contributed by atoms with van der Waals surface area (Å²) in [7, 11) is 0. The first-order valence-corrected chi connectivity index (χ1v) is 6.89. The van der Waals surface area contributed by atoms with Crippen molar-refractivity contribution in [2.45, 2.75) is 6.92 Å². The van der Waals surface area contributed by atoms with E-state index in [1.54, 1.807) is 0 Å². The first kappa shape index (κ1) is 10.8. The molecule has 0 aliphatic rings. The second kappa shape index (κ2) is 3.58. The quantitative estimate of drug-likeness (QED) is 0.496. The Hall–Kier alpha value is -2.95. The molecule has 0 radical (unpaired) electrons. The molecule has 21 heavy (non-hydrogen) atoms. The number of hydrogen-bond donors (Lipinski definition) is 0. The molecule has 3 aromatic heterocycles. The molecule has 0 saturated carbocycles. The van der Waals surface area contributed by atoms with Crippen molar-refractivity contribution < 1.29 is 0 Å². The summed E-state index contributed by atoms with van der Waals surface area (Å²) in [5.74, 6) is 0.711. The molecule has 0 bridgehead atoms. The maximum atomic E-state index is 4.64. The van der Waals surface area contributed by atoms with Crippen LogP contribution in [0.3, 0.4) is 0 Å². The second-order valence-corrected chi connectivity index (χ2v) is 5.28. The highest BCUT2D eigenvalue weighted by Gasteiger charge is 2.18. The van der Waals surface area contributed by atoms with E-state index in [1.165, 1.54) is 16.6 Å². The van der Waals surface area contributed by atoms with Crippen LogP contribution >= 0.6 is 0 Å². The normalized spacial score (nSPS) is 12.0. The Morgan fingerprint density at radius 1 is 0.952 bits per heavy atom. The molecule has 0 aliphatic heterocycles. The largest absolute Gasteiger partial charge is 0.364 e. The summed E-state index contributed by atoms with van der Waals surface area (Å²) >= 11 is 0. The van der Waals surface area contributed by atoms with Gasteiger partial charge in [-0.25, -0.2) is 14.1 Å². The Morgan fingerprint density at radius 2 is 1.71 bits per heavy atom. The van der Waals surface area contributed by atoms with Gasteiger partial charge in [-0.3, -0.25) is 0 Å². The average Bonchev–Trinajstić information content (AvgIpc) is 2.89. The highest BCUT2D eigenvalue weighted by Crippen LogP contribution is 2.25. The van der Waals surface area contributed by atoms with E-state index in [9.17, 15) is 0 Å². The zero-order valence-corrected chi connectivity index (χ0v) is 11.4. The number of aromatic nitrogens is 5. The summed E-state index contributed by atoms with van der Waals surface area (Å²) in [6, 6.07) is 16.6. The number of imidazole rings is 1. The molecule has 5 nitrogen and oxygen atoms in total. The molecule has 2 aromatic carbocycles. The van der Waals surface area contributed by atoms with Gasteiger partial charge in [0.1, 0.15) is 0 Å². The fourth-order valence-corrected chi connectivity index (χ4v) is 2.79. The summed E-state index contributed by atoms with van der Waals surface area (Å²) in [4.78, 5) is 11.1. The second-order valence-electron chi connectivity index (χ2n) is 5.28. The van der Waals surface area contributed by atoms with Gasteiger partial charge in [0.05, 0.1) is 17.0 Å². The molecule has 0 atom stereocenters. The Labute approximate surface area is 120 Å². The predicted molar refractivity (Wildman–Crippen MR) is 80.2 cm³/mol. The number of para-hydroxylation sites is 2. The Kier molecular flexibility index (Phi) is 1.84. The van der Waals surface area contributed by atoms with Crippen molar-refractivity contribution in [2.75, 3.05) is 0 Å². The number of benzene rings is 2. The van der Waals surface area contributed by atoms with Crippen LogP contribution in [0, 0.1) is 6.92 Å². The number of hydrogen-bond acceptors (Lipinski definition) is 1. The van der Waals surface area contributed by atoms with Gasteiger partial charge in [-0.1, -0.05) is 42.0 Å². The minimum atomic E-state index is 0.711. The third kappa shape index (κ3) is 1.37. The van der Waals surface area contributed by atoms with Crippen LogP contribution in [0.2, 0.25) is 0 Å². The van der Waals surface area contributed by atoms with E-state index in [4.69, 9.17) is 0 Å². The lowest BCUT2D eigenvalue weighted by molar-refractivity contribution is 0.923. The third-order valence-corrected chi connectivity index (χ3v) is 3.84. The van der Waals surface area contributed by atoms with Gasteiger partial charge in [0.25, 0.3) is 0 Å². The van der Waals surface area contributed by atoms with Crippen LogP contribution in [-0.2, 0) is 0 Å². The van der Waals surface area contributed by atoms with Gasteiger partial charge in [-0.15, -0.1) is 0 Å². The first-order valence-electron chi connectivity index (χ1n) is 6.89. The zero-order valence-electron chi connectivity index (χ0n) is 11.4. The van der Waals surface area contributed by atoms with E-state index < -0.39 is 0 Å². The van der Waals surface area contributed by atoms with Crippen LogP contribution in [0.25, 0.3) is 28.2 Å². The number of nitrogens with zero attached hydrogens (tertiary/aromatic N) is 5. The van der Waals surface area contributed by atoms with Crippen molar-refractivity contribution in [1.82, 2.24) is 24.0 Å². The average molecular weight is 274 g/mol. The van der Waals surface area contributed by atoms with Crippen LogP contribution in [0.4, 0.5) is 0 Å². The van der Waals surface area contributed by atoms with Gasteiger partial charge < -0.3 is 9.97 Å². The topological polar surface area (TPSA) is 40.7 Å². The molecule has 0 fully saturated rings. The van der Waals surface area contributed by atoms with Crippen molar-refractivity contribution in [1.29, 1.82) is 0 Å². The summed E-state index contributed by atoms with van der Waals surface area (Å²) in [5.41, 5.74) is 5.62. The molecule has 0 aliphatic carbocycles. The monoisotopic (exact) mass is 274 g/mol. The van der Waals surface area contributed by atoms with Crippen molar-refractivity contribution >= 4 is 11.0 Å². The Bertz CT molecular complexity index is 1010. The lowest BCUT2D eigenvalue weighted by atomic mass is 10.1. The van der Waals surface area contributed by atoms with Crippen LogP contribution in [0.5, 0.6) is 0 Å². The molecule has 0 N–H and O–H groups in total. The third-order valence-electron chi connectivity index (χ3n) is 3.84. The fraction of sp³-hybridized carbons (Fsp3) is 0.0625. The molecule has 102 valence electrons. The van der Waals surface area contributed by atoms with Gasteiger partial charge in [0, 0.05) is 5.69 Å². The van der Waals surface area contributed by atoms with E-state index in [2.05, 4.69) is 56.5 Å². The van der Waals surface area contributed by atoms with Gasteiger partial charge in [0.15, 0.2) is 0 Å². The highest BCUT2D eigenvalue weighted by molar-refractivity contribution is 5.79. The van der Waals surface area contributed by atoms with E-state index in [1.807, 2.05) is 29.2 Å². The summed E-state index contributed by atoms with van der Waals surface area (Å²) in [6.45, 7) is 2.08. The minimum Gasteiger partial charge on any atom is -0.364 e.